The summed E-state index contributed by atoms with van der Waals surface area (Å²) >= 11 is 0. The van der Waals surface area contributed by atoms with Crippen LogP contribution in [0.25, 0.3) is 0 Å². The molecule has 5 atom stereocenters. The van der Waals surface area contributed by atoms with Gasteiger partial charge in [-0.25, -0.2) is 0 Å². The topological polar surface area (TPSA) is 128 Å². The first kappa shape index (κ1) is 18.3. The molecule has 1 aliphatic rings. The average molecular weight is 347 g/mol. The summed E-state index contributed by atoms with van der Waals surface area (Å²) in [5.41, 5.74) is 6.57. The van der Waals surface area contributed by atoms with Gasteiger partial charge in [0.1, 0.15) is 18.3 Å². The highest BCUT2D eigenvalue weighted by atomic mass is 32.2. The molecular formula is C14H21NO7S. The van der Waals surface area contributed by atoms with Crippen molar-refractivity contribution in [3.05, 3.63) is 29.8 Å². The van der Waals surface area contributed by atoms with Crippen LogP contribution in [0.3, 0.4) is 0 Å². The fourth-order valence-corrected chi connectivity index (χ4v) is 3.15. The van der Waals surface area contributed by atoms with Crippen LogP contribution in [0.4, 0.5) is 0 Å². The maximum Gasteiger partial charge on any atom is 0.297 e. The molecule has 1 heterocycles. The van der Waals surface area contributed by atoms with Gasteiger partial charge in [0.2, 0.25) is 0 Å². The summed E-state index contributed by atoms with van der Waals surface area (Å²) in [5.74, 6) is 0. The number of hydrogen-bond donors (Lipinski definition) is 3. The third-order valence-corrected chi connectivity index (χ3v) is 4.97. The molecule has 1 saturated heterocycles. The number of ether oxygens (including phenoxy) is 2. The van der Waals surface area contributed by atoms with Crippen molar-refractivity contribution in [2.45, 2.75) is 42.5 Å². The summed E-state index contributed by atoms with van der Waals surface area (Å²) in [6.07, 6.45) is -4.76. The van der Waals surface area contributed by atoms with Crippen molar-refractivity contribution in [2.75, 3.05) is 13.7 Å². The van der Waals surface area contributed by atoms with Gasteiger partial charge in [-0.3, -0.25) is 4.18 Å². The molecule has 1 aliphatic heterocycles. The molecule has 130 valence electrons. The lowest BCUT2D eigenvalue weighted by Gasteiger charge is -2.40. The Morgan fingerprint density at radius 2 is 1.83 bits per heavy atom. The van der Waals surface area contributed by atoms with Crippen molar-refractivity contribution >= 4 is 10.1 Å². The van der Waals surface area contributed by atoms with Crippen LogP contribution in [0.2, 0.25) is 0 Å². The van der Waals surface area contributed by atoms with Crippen molar-refractivity contribution in [3.8, 4) is 0 Å². The Bertz CT molecular complexity index is 617. The van der Waals surface area contributed by atoms with E-state index in [0.717, 1.165) is 5.56 Å². The highest BCUT2D eigenvalue weighted by Crippen LogP contribution is 2.22. The largest absolute Gasteiger partial charge is 0.388 e. The zero-order valence-corrected chi connectivity index (χ0v) is 13.6. The number of nitrogens with two attached hydrogens (primary N) is 1. The number of aliphatic hydroxyl groups is 2. The van der Waals surface area contributed by atoms with Crippen molar-refractivity contribution in [1.82, 2.24) is 0 Å². The van der Waals surface area contributed by atoms with Gasteiger partial charge in [-0.15, -0.1) is 0 Å². The second-order valence-electron chi connectivity index (χ2n) is 5.39. The molecule has 23 heavy (non-hydrogen) atoms. The van der Waals surface area contributed by atoms with E-state index in [1.54, 1.807) is 12.1 Å². The first-order valence-electron chi connectivity index (χ1n) is 7.02. The van der Waals surface area contributed by atoms with Crippen LogP contribution in [0.5, 0.6) is 0 Å². The fourth-order valence-electron chi connectivity index (χ4n) is 2.23. The van der Waals surface area contributed by atoms with Crippen LogP contribution < -0.4 is 5.73 Å². The summed E-state index contributed by atoms with van der Waals surface area (Å²) in [5, 5.41) is 19.8. The van der Waals surface area contributed by atoms with Crippen LogP contribution in [0, 0.1) is 6.92 Å². The van der Waals surface area contributed by atoms with Crippen LogP contribution in [-0.2, 0) is 23.8 Å². The number of rotatable bonds is 5. The van der Waals surface area contributed by atoms with Gasteiger partial charge < -0.3 is 25.4 Å². The van der Waals surface area contributed by atoms with E-state index in [1.807, 2.05) is 6.92 Å². The molecule has 8 nitrogen and oxygen atoms in total. The van der Waals surface area contributed by atoms with E-state index in [4.69, 9.17) is 19.4 Å². The minimum atomic E-state index is -4.00. The first-order chi connectivity index (χ1) is 10.8. The zero-order chi connectivity index (χ0) is 17.2. The third kappa shape index (κ3) is 4.07. The lowest BCUT2D eigenvalue weighted by atomic mass is 9.98. The van der Waals surface area contributed by atoms with E-state index in [0.29, 0.717) is 0 Å². The molecule has 4 N–H and O–H groups in total. The lowest BCUT2D eigenvalue weighted by Crippen LogP contribution is -2.62. The second kappa shape index (κ2) is 7.22. The monoisotopic (exact) mass is 347 g/mol. The molecule has 0 spiro atoms. The minimum Gasteiger partial charge on any atom is -0.388 e. The Morgan fingerprint density at radius 1 is 1.22 bits per heavy atom. The SMILES string of the molecule is CO[C@@H]1O[C@H](COS(=O)(=O)c2ccc(C)cc2)[C@H](O)[C@@H](O)[C@@H]1N. The van der Waals surface area contributed by atoms with Crippen molar-refractivity contribution in [3.63, 3.8) is 0 Å². The van der Waals surface area contributed by atoms with Crippen molar-refractivity contribution < 1.29 is 32.3 Å². The summed E-state index contributed by atoms with van der Waals surface area (Å²) in [4.78, 5) is -0.00561. The highest BCUT2D eigenvalue weighted by molar-refractivity contribution is 7.86. The maximum atomic E-state index is 12.1. The van der Waals surface area contributed by atoms with Gasteiger partial charge in [-0.2, -0.15) is 8.42 Å². The Hall–Kier alpha value is -1.07. The Kier molecular flexibility index (Phi) is 5.74. The van der Waals surface area contributed by atoms with E-state index < -0.39 is 47.4 Å². The second-order valence-corrected chi connectivity index (χ2v) is 7.00. The van der Waals surface area contributed by atoms with Gasteiger partial charge in [-0.1, -0.05) is 17.7 Å². The summed E-state index contributed by atoms with van der Waals surface area (Å²) < 4.78 is 39.4. The molecule has 0 saturated carbocycles. The summed E-state index contributed by atoms with van der Waals surface area (Å²) in [6, 6.07) is 5.19. The van der Waals surface area contributed by atoms with Gasteiger partial charge in [0.25, 0.3) is 10.1 Å². The third-order valence-electron chi connectivity index (χ3n) is 3.68. The predicted molar refractivity (Wildman–Crippen MR) is 80.0 cm³/mol. The quantitative estimate of drug-likeness (QED) is 0.586. The Balaban J connectivity index is 2.05. The number of hydrogen-bond acceptors (Lipinski definition) is 8. The summed E-state index contributed by atoms with van der Waals surface area (Å²) in [7, 11) is -2.67. The Morgan fingerprint density at radius 3 is 2.39 bits per heavy atom. The highest BCUT2D eigenvalue weighted by Gasteiger charge is 2.43. The molecule has 9 heteroatoms. The molecule has 2 rings (SSSR count). The van der Waals surface area contributed by atoms with Gasteiger partial charge >= 0.3 is 0 Å². The minimum absolute atomic E-state index is 0.00561. The zero-order valence-electron chi connectivity index (χ0n) is 12.8. The van der Waals surface area contributed by atoms with Gasteiger partial charge in [0.05, 0.1) is 17.5 Å². The molecule has 0 radical (unpaired) electrons. The van der Waals surface area contributed by atoms with Gasteiger partial charge in [0.15, 0.2) is 6.29 Å². The average Bonchev–Trinajstić information content (AvgIpc) is 2.52. The van der Waals surface area contributed by atoms with Gasteiger partial charge in [0, 0.05) is 7.11 Å². The van der Waals surface area contributed by atoms with Crippen LogP contribution in [-0.4, -0.2) is 63.0 Å². The lowest BCUT2D eigenvalue weighted by molar-refractivity contribution is -0.256. The van der Waals surface area contributed by atoms with E-state index in [-0.39, 0.29) is 4.90 Å². The fraction of sp³-hybridized carbons (Fsp3) is 0.571. The predicted octanol–water partition coefficient (Wildman–Crippen LogP) is -0.879. The maximum absolute atomic E-state index is 12.1. The molecule has 1 fully saturated rings. The van der Waals surface area contributed by atoms with Crippen LogP contribution in [0.1, 0.15) is 5.56 Å². The Labute approximate surface area is 134 Å². The van der Waals surface area contributed by atoms with Gasteiger partial charge in [-0.05, 0) is 19.1 Å². The molecule has 0 aromatic heterocycles. The van der Waals surface area contributed by atoms with E-state index in [1.165, 1.54) is 19.2 Å². The molecular weight excluding hydrogens is 326 g/mol. The van der Waals surface area contributed by atoms with E-state index in [2.05, 4.69) is 0 Å². The first-order valence-corrected chi connectivity index (χ1v) is 8.43. The van der Waals surface area contributed by atoms with Crippen LogP contribution in [0.15, 0.2) is 29.2 Å². The molecule has 0 amide bonds. The van der Waals surface area contributed by atoms with E-state index >= 15 is 0 Å². The molecule has 0 bridgehead atoms. The number of aryl methyl sites for hydroxylation is 1. The molecule has 0 aliphatic carbocycles. The summed E-state index contributed by atoms with van der Waals surface area (Å²) in [6.45, 7) is 1.36. The number of aliphatic hydroxyl groups excluding tert-OH is 2. The molecule has 1 aromatic carbocycles. The smallest absolute Gasteiger partial charge is 0.297 e. The van der Waals surface area contributed by atoms with Crippen molar-refractivity contribution in [2.24, 2.45) is 5.73 Å². The standard InChI is InChI=1S/C14H21NO7S/c1-8-3-5-9(6-4-8)23(18,19)21-7-10-12(16)13(17)11(15)14(20-2)22-10/h3-6,10-14,16-17H,7,15H2,1-2H3/t10-,11+,12+,13+,14-/m1/s1. The van der Waals surface area contributed by atoms with Crippen LogP contribution >= 0.6 is 0 Å². The molecule has 0 unspecified atom stereocenters. The van der Waals surface area contributed by atoms with E-state index in [9.17, 15) is 18.6 Å². The normalized spacial score (nSPS) is 32.0. The number of benzene rings is 1. The van der Waals surface area contributed by atoms with Crippen molar-refractivity contribution in [1.29, 1.82) is 0 Å². The molecule has 1 aromatic rings. The number of methoxy groups -OCH3 is 1.